The van der Waals surface area contributed by atoms with Gasteiger partial charge in [0.15, 0.2) is 0 Å². The van der Waals surface area contributed by atoms with Crippen LogP contribution in [0.4, 0.5) is 14.5 Å². The highest BCUT2D eigenvalue weighted by atomic mass is 19.1. The molecule has 0 bridgehead atoms. The molecule has 0 fully saturated rings. The maximum Gasteiger partial charge on any atom is 0.126 e. The van der Waals surface area contributed by atoms with Gasteiger partial charge >= 0.3 is 0 Å². The Morgan fingerprint density at radius 3 is 2.27 bits per heavy atom. The zero-order valence-corrected chi connectivity index (χ0v) is 11.6. The van der Waals surface area contributed by atoms with Crippen molar-refractivity contribution in [3.05, 3.63) is 78.4 Å². The number of hydrogen-bond donors (Lipinski definition) is 1. The lowest BCUT2D eigenvalue weighted by Gasteiger charge is -2.08. The van der Waals surface area contributed by atoms with Crippen LogP contribution in [-0.2, 0) is 6.54 Å². The zero-order chi connectivity index (χ0) is 15.4. The lowest BCUT2D eigenvalue weighted by Crippen LogP contribution is -2.01. The van der Waals surface area contributed by atoms with Crippen molar-refractivity contribution in [2.75, 3.05) is 5.32 Å². The lowest BCUT2D eigenvalue weighted by atomic mass is 10.1. The fourth-order valence-corrected chi connectivity index (χ4v) is 2.16. The summed E-state index contributed by atoms with van der Waals surface area (Å²) in [5, 5.41) is 3.11. The second-order valence-corrected chi connectivity index (χ2v) is 4.83. The molecule has 0 radical (unpaired) electrons. The van der Waals surface area contributed by atoms with Gasteiger partial charge in [0, 0.05) is 43.0 Å². The number of benzene rings is 1. The van der Waals surface area contributed by atoms with Gasteiger partial charge in [-0.05, 0) is 41.5 Å². The molecule has 3 aromatic rings. The van der Waals surface area contributed by atoms with E-state index in [1.54, 1.807) is 24.8 Å². The predicted molar refractivity (Wildman–Crippen MR) is 81.2 cm³/mol. The van der Waals surface area contributed by atoms with E-state index < -0.39 is 11.6 Å². The summed E-state index contributed by atoms with van der Waals surface area (Å²) in [6.07, 6.45) is 6.85. The fourth-order valence-electron chi connectivity index (χ4n) is 2.16. The summed E-state index contributed by atoms with van der Waals surface area (Å²) in [4.78, 5) is 8.16. The van der Waals surface area contributed by atoms with Gasteiger partial charge in [0.2, 0.25) is 0 Å². The van der Waals surface area contributed by atoms with Crippen molar-refractivity contribution in [3.8, 4) is 11.1 Å². The third kappa shape index (κ3) is 3.44. The van der Waals surface area contributed by atoms with Crippen LogP contribution in [0.1, 0.15) is 5.56 Å². The van der Waals surface area contributed by atoms with E-state index in [1.807, 2.05) is 18.2 Å². The molecule has 3 nitrogen and oxygen atoms in total. The number of nitrogens with one attached hydrogen (secondary N) is 1. The van der Waals surface area contributed by atoms with Crippen LogP contribution in [0.3, 0.4) is 0 Å². The van der Waals surface area contributed by atoms with E-state index in [9.17, 15) is 8.78 Å². The second-order valence-electron chi connectivity index (χ2n) is 4.83. The molecule has 0 aliphatic carbocycles. The minimum absolute atomic E-state index is 0.316. The van der Waals surface area contributed by atoms with Crippen molar-refractivity contribution in [1.82, 2.24) is 9.97 Å². The number of nitrogens with zero attached hydrogens (tertiary/aromatic N) is 2. The van der Waals surface area contributed by atoms with Crippen molar-refractivity contribution < 1.29 is 8.78 Å². The van der Waals surface area contributed by atoms with Crippen LogP contribution < -0.4 is 5.32 Å². The average molecular weight is 297 g/mol. The highest BCUT2D eigenvalue weighted by Gasteiger charge is 2.03. The Morgan fingerprint density at radius 2 is 1.55 bits per heavy atom. The Kier molecular flexibility index (Phi) is 4.05. The third-order valence-corrected chi connectivity index (χ3v) is 3.17. The molecule has 5 heteroatoms. The zero-order valence-electron chi connectivity index (χ0n) is 11.6. The van der Waals surface area contributed by atoms with Crippen LogP contribution in [0.25, 0.3) is 11.1 Å². The van der Waals surface area contributed by atoms with Crippen LogP contribution in [0.15, 0.2) is 61.2 Å². The van der Waals surface area contributed by atoms with Gasteiger partial charge in [-0.2, -0.15) is 0 Å². The summed E-state index contributed by atoms with van der Waals surface area (Å²) in [5.74, 6) is -1.17. The minimum Gasteiger partial charge on any atom is -0.380 e. The molecule has 0 saturated carbocycles. The maximum absolute atomic E-state index is 13.2. The summed E-state index contributed by atoms with van der Waals surface area (Å²) in [6.45, 7) is 0.316. The van der Waals surface area contributed by atoms with Crippen LogP contribution in [0, 0.1) is 11.6 Å². The first-order chi connectivity index (χ1) is 10.7. The van der Waals surface area contributed by atoms with Gasteiger partial charge < -0.3 is 5.32 Å². The van der Waals surface area contributed by atoms with E-state index in [0.717, 1.165) is 22.9 Å². The molecule has 2 aromatic heterocycles. The van der Waals surface area contributed by atoms with Gasteiger partial charge in [0.05, 0.1) is 5.69 Å². The van der Waals surface area contributed by atoms with E-state index in [-0.39, 0.29) is 0 Å². The third-order valence-electron chi connectivity index (χ3n) is 3.17. The van der Waals surface area contributed by atoms with E-state index >= 15 is 0 Å². The summed E-state index contributed by atoms with van der Waals surface area (Å²) in [5.41, 5.74) is 3.26. The SMILES string of the molecule is Fc1cc(F)cc(CNc2cncc(-c3ccncc3)c2)c1. The molecule has 0 atom stereocenters. The van der Waals surface area contributed by atoms with Crippen LogP contribution >= 0.6 is 0 Å². The highest BCUT2D eigenvalue weighted by Crippen LogP contribution is 2.21. The van der Waals surface area contributed by atoms with E-state index in [4.69, 9.17) is 0 Å². The number of aromatic nitrogens is 2. The molecular formula is C17H13F2N3. The monoisotopic (exact) mass is 297 g/mol. The number of anilines is 1. The van der Waals surface area contributed by atoms with Gasteiger partial charge in [-0.15, -0.1) is 0 Å². The quantitative estimate of drug-likeness (QED) is 0.790. The van der Waals surface area contributed by atoms with Gasteiger partial charge in [-0.1, -0.05) is 0 Å². The molecule has 0 saturated heterocycles. The minimum atomic E-state index is -0.583. The van der Waals surface area contributed by atoms with Gasteiger partial charge in [-0.25, -0.2) is 8.78 Å². The number of hydrogen-bond acceptors (Lipinski definition) is 3. The fraction of sp³-hybridized carbons (Fsp3) is 0.0588. The molecule has 0 aliphatic heterocycles. The number of pyridine rings is 2. The Morgan fingerprint density at radius 1 is 0.818 bits per heavy atom. The number of rotatable bonds is 4. The molecule has 0 aliphatic rings. The molecule has 0 unspecified atom stereocenters. The lowest BCUT2D eigenvalue weighted by molar-refractivity contribution is 0.580. The second kappa shape index (κ2) is 6.30. The van der Waals surface area contributed by atoms with Gasteiger partial charge in [0.25, 0.3) is 0 Å². The standard InChI is InChI=1S/C17H13F2N3/c18-15-5-12(6-16(19)8-15)9-22-17-7-14(10-21-11-17)13-1-3-20-4-2-13/h1-8,10-11,22H,9H2. The smallest absolute Gasteiger partial charge is 0.126 e. The van der Waals surface area contributed by atoms with Crippen molar-refractivity contribution in [2.24, 2.45) is 0 Å². The molecule has 0 spiro atoms. The first kappa shape index (κ1) is 14.1. The normalized spacial score (nSPS) is 10.5. The Labute approximate surface area is 126 Å². The topological polar surface area (TPSA) is 37.8 Å². The number of halogens is 2. The summed E-state index contributed by atoms with van der Waals surface area (Å²) >= 11 is 0. The Hall–Kier alpha value is -2.82. The van der Waals surface area contributed by atoms with Crippen molar-refractivity contribution >= 4 is 5.69 Å². The van der Waals surface area contributed by atoms with Crippen LogP contribution in [0.2, 0.25) is 0 Å². The summed E-state index contributed by atoms with van der Waals surface area (Å²) in [6, 6.07) is 9.17. The predicted octanol–water partition coefficient (Wildman–Crippen LogP) is 4.03. The highest BCUT2D eigenvalue weighted by molar-refractivity contribution is 5.66. The molecule has 1 N–H and O–H groups in total. The van der Waals surface area contributed by atoms with E-state index in [1.165, 1.54) is 12.1 Å². The van der Waals surface area contributed by atoms with Gasteiger partial charge in [-0.3, -0.25) is 9.97 Å². The average Bonchev–Trinajstić information content (AvgIpc) is 2.53. The first-order valence-electron chi connectivity index (χ1n) is 6.75. The molecule has 110 valence electrons. The molecule has 1 aromatic carbocycles. The molecule has 2 heterocycles. The first-order valence-corrected chi connectivity index (χ1v) is 6.75. The van der Waals surface area contributed by atoms with E-state index in [2.05, 4.69) is 15.3 Å². The van der Waals surface area contributed by atoms with Crippen molar-refractivity contribution in [2.45, 2.75) is 6.54 Å². The molecule has 22 heavy (non-hydrogen) atoms. The van der Waals surface area contributed by atoms with Gasteiger partial charge in [0.1, 0.15) is 11.6 Å². The molecule has 3 rings (SSSR count). The van der Waals surface area contributed by atoms with Crippen molar-refractivity contribution in [1.29, 1.82) is 0 Å². The largest absolute Gasteiger partial charge is 0.380 e. The van der Waals surface area contributed by atoms with Crippen molar-refractivity contribution in [3.63, 3.8) is 0 Å². The van der Waals surface area contributed by atoms with E-state index in [0.29, 0.717) is 12.1 Å². The van der Waals surface area contributed by atoms with Crippen LogP contribution in [0.5, 0.6) is 0 Å². The Bertz CT molecular complexity index is 756. The molecule has 0 amide bonds. The molecular weight excluding hydrogens is 284 g/mol. The summed E-state index contributed by atoms with van der Waals surface area (Å²) in [7, 11) is 0. The van der Waals surface area contributed by atoms with Crippen LogP contribution in [-0.4, -0.2) is 9.97 Å². The Balaban J connectivity index is 1.76. The summed E-state index contributed by atoms with van der Waals surface area (Å²) < 4.78 is 26.3. The maximum atomic E-state index is 13.2.